The minimum atomic E-state index is -0.498. The molecule has 0 aromatic carbocycles. The van der Waals surface area contributed by atoms with Gasteiger partial charge in [-0.25, -0.2) is 0 Å². The first-order valence-electron chi connectivity index (χ1n) is 7.26. The first kappa shape index (κ1) is 15.4. The molecule has 1 atom stereocenters. The average molecular weight is 292 g/mol. The number of pyridine rings is 1. The summed E-state index contributed by atoms with van der Waals surface area (Å²) < 4.78 is 5.64. The monoisotopic (exact) mass is 292 g/mol. The van der Waals surface area contributed by atoms with Gasteiger partial charge in [0.2, 0.25) is 11.8 Å². The van der Waals surface area contributed by atoms with Crippen LogP contribution in [0.25, 0.3) is 0 Å². The number of nitrogens with two attached hydrogens (primary N) is 2. The van der Waals surface area contributed by atoms with E-state index in [-0.39, 0.29) is 5.91 Å². The Labute approximate surface area is 125 Å². The van der Waals surface area contributed by atoms with Crippen molar-refractivity contribution in [2.24, 2.45) is 17.1 Å². The highest BCUT2D eigenvalue weighted by Gasteiger charge is 2.39. The van der Waals surface area contributed by atoms with Crippen molar-refractivity contribution in [3.63, 3.8) is 0 Å². The minimum absolute atomic E-state index is 0.267. The second-order valence-electron chi connectivity index (χ2n) is 6.37. The lowest BCUT2D eigenvalue weighted by Crippen LogP contribution is -2.37. The number of nitrogens with zero attached hydrogens (tertiary/aromatic N) is 2. The Morgan fingerprint density at radius 1 is 1.52 bits per heavy atom. The van der Waals surface area contributed by atoms with Gasteiger partial charge < -0.3 is 21.1 Å². The standard InChI is InChI=1S/C15H24N4O2/c1-10(2)8-21-13-11(16)4-5-12(18-13)19-7-6-15(3,9-19)14(17)20/h4-5,10H,6-9,16H2,1-3H3,(H2,17,20). The highest BCUT2D eigenvalue weighted by atomic mass is 16.5. The quantitative estimate of drug-likeness (QED) is 0.855. The number of rotatable bonds is 5. The molecule has 1 aliphatic heterocycles. The molecule has 0 radical (unpaired) electrons. The lowest BCUT2D eigenvalue weighted by Gasteiger charge is -2.22. The molecule has 1 aliphatic rings. The summed E-state index contributed by atoms with van der Waals surface area (Å²) in [7, 11) is 0. The number of primary amides is 1. The predicted molar refractivity (Wildman–Crippen MR) is 83.1 cm³/mol. The number of carbonyl (C=O) groups excluding carboxylic acids is 1. The summed E-state index contributed by atoms with van der Waals surface area (Å²) in [5, 5.41) is 0. The van der Waals surface area contributed by atoms with Gasteiger partial charge in [0.1, 0.15) is 5.82 Å². The van der Waals surface area contributed by atoms with Gasteiger partial charge in [-0.2, -0.15) is 4.98 Å². The zero-order valence-electron chi connectivity index (χ0n) is 12.9. The first-order chi connectivity index (χ1) is 9.82. The fraction of sp³-hybridized carbons (Fsp3) is 0.600. The molecule has 1 unspecified atom stereocenters. The third kappa shape index (κ3) is 3.37. The van der Waals surface area contributed by atoms with Gasteiger partial charge in [0, 0.05) is 13.1 Å². The Morgan fingerprint density at radius 3 is 2.81 bits per heavy atom. The molecular formula is C15H24N4O2. The normalized spacial score (nSPS) is 21.8. The van der Waals surface area contributed by atoms with E-state index < -0.39 is 5.41 Å². The van der Waals surface area contributed by atoms with E-state index in [9.17, 15) is 4.79 Å². The van der Waals surface area contributed by atoms with Gasteiger partial charge in [-0.3, -0.25) is 4.79 Å². The molecule has 0 aliphatic carbocycles. The van der Waals surface area contributed by atoms with Crippen LogP contribution >= 0.6 is 0 Å². The zero-order chi connectivity index (χ0) is 15.6. The van der Waals surface area contributed by atoms with E-state index in [1.807, 2.05) is 17.9 Å². The van der Waals surface area contributed by atoms with Gasteiger partial charge in [0.25, 0.3) is 0 Å². The largest absolute Gasteiger partial charge is 0.476 e. The van der Waals surface area contributed by atoms with E-state index in [4.69, 9.17) is 16.2 Å². The van der Waals surface area contributed by atoms with Crippen molar-refractivity contribution in [1.82, 2.24) is 4.98 Å². The van der Waals surface area contributed by atoms with Crippen molar-refractivity contribution < 1.29 is 9.53 Å². The van der Waals surface area contributed by atoms with Crippen LogP contribution in [0.15, 0.2) is 12.1 Å². The summed E-state index contributed by atoms with van der Waals surface area (Å²) >= 11 is 0. The van der Waals surface area contributed by atoms with Crippen LogP contribution in [-0.2, 0) is 4.79 Å². The van der Waals surface area contributed by atoms with Gasteiger partial charge in [-0.1, -0.05) is 13.8 Å². The van der Waals surface area contributed by atoms with E-state index in [2.05, 4.69) is 18.8 Å². The number of amides is 1. The molecule has 1 saturated heterocycles. The summed E-state index contributed by atoms with van der Waals surface area (Å²) in [6, 6.07) is 3.64. The molecule has 0 saturated carbocycles. The molecule has 21 heavy (non-hydrogen) atoms. The molecule has 1 aromatic heterocycles. The van der Waals surface area contributed by atoms with Crippen LogP contribution in [0.2, 0.25) is 0 Å². The van der Waals surface area contributed by atoms with Crippen LogP contribution < -0.4 is 21.1 Å². The smallest absolute Gasteiger partial charge is 0.239 e. The number of ether oxygens (including phenoxy) is 1. The van der Waals surface area contributed by atoms with Gasteiger partial charge in [-0.05, 0) is 31.4 Å². The topological polar surface area (TPSA) is 94.5 Å². The summed E-state index contributed by atoms with van der Waals surface area (Å²) in [6.07, 6.45) is 0.733. The number of carbonyl (C=O) groups is 1. The zero-order valence-corrected chi connectivity index (χ0v) is 12.9. The van der Waals surface area contributed by atoms with Gasteiger partial charge in [0.05, 0.1) is 17.7 Å². The lowest BCUT2D eigenvalue weighted by atomic mass is 9.89. The molecule has 0 spiro atoms. The Kier molecular flexibility index (Phi) is 4.25. The highest BCUT2D eigenvalue weighted by molar-refractivity contribution is 5.82. The summed E-state index contributed by atoms with van der Waals surface area (Å²) in [6.45, 7) is 7.92. The summed E-state index contributed by atoms with van der Waals surface area (Å²) in [5.41, 5.74) is 11.4. The van der Waals surface area contributed by atoms with E-state index in [1.165, 1.54) is 0 Å². The minimum Gasteiger partial charge on any atom is -0.476 e. The van der Waals surface area contributed by atoms with Gasteiger partial charge in [-0.15, -0.1) is 0 Å². The molecule has 6 heteroatoms. The van der Waals surface area contributed by atoms with E-state index >= 15 is 0 Å². The van der Waals surface area contributed by atoms with Gasteiger partial charge in [0.15, 0.2) is 0 Å². The number of nitrogen functional groups attached to an aromatic ring is 1. The number of anilines is 2. The molecule has 1 fully saturated rings. The van der Waals surface area contributed by atoms with Crippen LogP contribution in [0.5, 0.6) is 5.88 Å². The fourth-order valence-electron chi connectivity index (χ4n) is 2.34. The third-order valence-corrected chi connectivity index (χ3v) is 3.82. The molecule has 1 amide bonds. The van der Waals surface area contributed by atoms with Crippen molar-refractivity contribution in [3.8, 4) is 5.88 Å². The highest BCUT2D eigenvalue weighted by Crippen LogP contribution is 2.33. The molecule has 4 N–H and O–H groups in total. The van der Waals surface area contributed by atoms with Crippen molar-refractivity contribution >= 4 is 17.4 Å². The van der Waals surface area contributed by atoms with Crippen LogP contribution in [0.1, 0.15) is 27.2 Å². The maximum atomic E-state index is 11.5. The van der Waals surface area contributed by atoms with Crippen molar-refractivity contribution in [1.29, 1.82) is 0 Å². The van der Waals surface area contributed by atoms with Gasteiger partial charge >= 0.3 is 0 Å². The molecule has 2 heterocycles. The number of hydrogen-bond donors (Lipinski definition) is 2. The van der Waals surface area contributed by atoms with E-state index in [0.717, 1.165) is 18.8 Å². The summed E-state index contributed by atoms with van der Waals surface area (Å²) in [5.74, 6) is 1.36. The van der Waals surface area contributed by atoms with Crippen molar-refractivity contribution in [2.75, 3.05) is 30.3 Å². The molecule has 6 nitrogen and oxygen atoms in total. The Hall–Kier alpha value is -1.98. The van der Waals surface area contributed by atoms with Crippen LogP contribution in [0, 0.1) is 11.3 Å². The fourth-order valence-corrected chi connectivity index (χ4v) is 2.34. The van der Waals surface area contributed by atoms with Crippen molar-refractivity contribution in [2.45, 2.75) is 27.2 Å². The molecule has 0 bridgehead atoms. The number of aromatic nitrogens is 1. The molecule has 1 aromatic rings. The molecule has 116 valence electrons. The third-order valence-electron chi connectivity index (χ3n) is 3.82. The van der Waals surface area contributed by atoms with E-state index in [0.29, 0.717) is 30.6 Å². The summed E-state index contributed by atoms with van der Waals surface area (Å²) in [4.78, 5) is 18.1. The maximum absolute atomic E-state index is 11.5. The number of hydrogen-bond acceptors (Lipinski definition) is 5. The average Bonchev–Trinajstić information content (AvgIpc) is 2.82. The van der Waals surface area contributed by atoms with Crippen LogP contribution in [0.3, 0.4) is 0 Å². The maximum Gasteiger partial charge on any atom is 0.239 e. The Balaban J connectivity index is 2.14. The second kappa shape index (κ2) is 5.79. The Morgan fingerprint density at radius 2 is 2.24 bits per heavy atom. The van der Waals surface area contributed by atoms with Crippen molar-refractivity contribution in [3.05, 3.63) is 12.1 Å². The lowest BCUT2D eigenvalue weighted by molar-refractivity contribution is -0.125. The first-order valence-corrected chi connectivity index (χ1v) is 7.26. The molecular weight excluding hydrogens is 268 g/mol. The van der Waals surface area contributed by atoms with Crippen LogP contribution in [-0.4, -0.2) is 30.6 Å². The van der Waals surface area contributed by atoms with Crippen LogP contribution in [0.4, 0.5) is 11.5 Å². The molecule has 2 rings (SSSR count). The SMILES string of the molecule is CC(C)COc1nc(N2CCC(C)(C(N)=O)C2)ccc1N. The predicted octanol–water partition coefficient (Wildman–Crippen LogP) is 1.40. The Bertz CT molecular complexity index is 532. The van der Waals surface area contributed by atoms with E-state index in [1.54, 1.807) is 6.07 Å². The second-order valence-corrected chi connectivity index (χ2v) is 6.37.